The van der Waals surface area contributed by atoms with Gasteiger partial charge in [0.05, 0.1) is 6.61 Å². The third-order valence-electron chi connectivity index (χ3n) is 3.79. The summed E-state index contributed by atoms with van der Waals surface area (Å²) < 4.78 is 47.3. The van der Waals surface area contributed by atoms with E-state index in [1.54, 1.807) is 31.2 Å². The number of nitrogens with two attached hydrogens (primary N) is 1. The summed E-state index contributed by atoms with van der Waals surface area (Å²) in [6, 6.07) is 9.31. The van der Waals surface area contributed by atoms with Gasteiger partial charge in [0.2, 0.25) is 0 Å². The average Bonchev–Trinajstić information content (AvgIpc) is 2.44. The minimum atomic E-state index is -4.78. The fraction of sp³-hybridized carbons (Fsp3) is 0.333. The third-order valence-corrected chi connectivity index (χ3v) is 4.01. The molecule has 2 rings (SSSR count). The van der Waals surface area contributed by atoms with Gasteiger partial charge in [-0.3, -0.25) is 0 Å². The Morgan fingerprint density at radius 3 is 2.12 bits per heavy atom. The second-order valence-electron chi connectivity index (χ2n) is 6.07. The molecular formula is C18H19ClF3NO2. The van der Waals surface area contributed by atoms with E-state index in [2.05, 4.69) is 4.74 Å². The highest BCUT2D eigenvalue weighted by Gasteiger charge is 2.32. The lowest BCUT2D eigenvalue weighted by Gasteiger charge is -2.28. The number of ether oxygens (including phenoxy) is 2. The van der Waals surface area contributed by atoms with Gasteiger partial charge in [-0.2, -0.15) is 0 Å². The number of anilines is 1. The lowest BCUT2D eigenvalue weighted by molar-refractivity contribution is -0.274. The summed E-state index contributed by atoms with van der Waals surface area (Å²) in [5, 5.41) is 0.454. The molecule has 2 N–H and O–H groups in total. The Kier molecular flexibility index (Phi) is 5.42. The Labute approximate surface area is 149 Å². The normalized spacial score (nSPS) is 12.1. The van der Waals surface area contributed by atoms with Gasteiger partial charge in [0.25, 0.3) is 0 Å². The molecule has 0 aliphatic heterocycles. The standard InChI is InChI=1S/C18H19ClF3NO2/c1-4-24-15-7-12(8-16(10-15)25-18(20,21)22)17(2,3)11-5-13(19)9-14(23)6-11/h5-10H,4,23H2,1-3H3. The first-order valence-electron chi connectivity index (χ1n) is 7.62. The maximum atomic E-state index is 12.6. The molecule has 2 aromatic rings. The van der Waals surface area contributed by atoms with Crippen LogP contribution in [0, 0.1) is 0 Å². The molecule has 0 aromatic heterocycles. The van der Waals surface area contributed by atoms with Crippen molar-refractivity contribution in [3.63, 3.8) is 0 Å². The van der Waals surface area contributed by atoms with Gasteiger partial charge in [-0.25, -0.2) is 0 Å². The highest BCUT2D eigenvalue weighted by Crippen LogP contribution is 2.38. The minimum absolute atomic E-state index is 0.294. The van der Waals surface area contributed by atoms with E-state index in [-0.39, 0.29) is 5.75 Å². The van der Waals surface area contributed by atoms with E-state index >= 15 is 0 Å². The average molecular weight is 374 g/mol. The molecule has 3 nitrogen and oxygen atoms in total. The van der Waals surface area contributed by atoms with Crippen molar-refractivity contribution in [3.8, 4) is 11.5 Å². The second-order valence-corrected chi connectivity index (χ2v) is 6.51. The summed E-state index contributed by atoms with van der Waals surface area (Å²) in [6.45, 7) is 5.79. The zero-order valence-electron chi connectivity index (χ0n) is 14.1. The van der Waals surface area contributed by atoms with Crippen LogP contribution in [-0.2, 0) is 5.41 Å². The third kappa shape index (κ3) is 4.95. The number of rotatable bonds is 5. The SMILES string of the molecule is CCOc1cc(OC(F)(F)F)cc(C(C)(C)c2cc(N)cc(Cl)c2)c1. The van der Waals surface area contributed by atoms with Crippen molar-refractivity contribution in [2.45, 2.75) is 32.5 Å². The quantitative estimate of drug-likeness (QED) is 0.699. The van der Waals surface area contributed by atoms with Crippen LogP contribution < -0.4 is 15.2 Å². The van der Waals surface area contributed by atoms with Gasteiger partial charge in [-0.15, -0.1) is 13.2 Å². The van der Waals surface area contributed by atoms with Crippen molar-refractivity contribution >= 4 is 17.3 Å². The molecule has 0 aliphatic carbocycles. The second kappa shape index (κ2) is 7.04. The lowest BCUT2D eigenvalue weighted by atomic mass is 9.78. The zero-order chi connectivity index (χ0) is 18.8. The van der Waals surface area contributed by atoms with Gasteiger partial charge in [0, 0.05) is 22.2 Å². The van der Waals surface area contributed by atoms with E-state index in [1.807, 2.05) is 13.8 Å². The van der Waals surface area contributed by atoms with E-state index in [0.29, 0.717) is 28.6 Å². The van der Waals surface area contributed by atoms with Crippen LogP contribution in [0.5, 0.6) is 11.5 Å². The predicted molar refractivity (Wildman–Crippen MR) is 92.3 cm³/mol. The van der Waals surface area contributed by atoms with Crippen LogP contribution in [0.15, 0.2) is 36.4 Å². The van der Waals surface area contributed by atoms with Crippen LogP contribution in [0.4, 0.5) is 18.9 Å². The molecule has 0 saturated heterocycles. The van der Waals surface area contributed by atoms with Gasteiger partial charge in [-0.05, 0) is 48.4 Å². The fourth-order valence-corrected chi connectivity index (χ4v) is 2.76. The maximum absolute atomic E-state index is 12.6. The number of benzene rings is 2. The first kappa shape index (κ1) is 19.2. The van der Waals surface area contributed by atoms with E-state index < -0.39 is 11.8 Å². The largest absolute Gasteiger partial charge is 0.573 e. The number of hydrogen-bond acceptors (Lipinski definition) is 3. The Hall–Kier alpha value is -2.08. The van der Waals surface area contributed by atoms with Crippen molar-refractivity contribution in [1.82, 2.24) is 0 Å². The molecule has 7 heteroatoms. The molecule has 0 heterocycles. The first-order chi connectivity index (χ1) is 11.5. The Bertz CT molecular complexity index is 740. The Morgan fingerprint density at radius 1 is 0.960 bits per heavy atom. The monoisotopic (exact) mass is 373 g/mol. The maximum Gasteiger partial charge on any atom is 0.573 e. The zero-order valence-corrected chi connectivity index (χ0v) is 14.8. The summed E-state index contributed by atoms with van der Waals surface area (Å²) in [4.78, 5) is 0. The summed E-state index contributed by atoms with van der Waals surface area (Å²) >= 11 is 6.06. The molecule has 136 valence electrons. The molecule has 0 saturated carbocycles. The molecule has 25 heavy (non-hydrogen) atoms. The van der Waals surface area contributed by atoms with E-state index in [4.69, 9.17) is 22.1 Å². The topological polar surface area (TPSA) is 44.5 Å². The van der Waals surface area contributed by atoms with Crippen molar-refractivity contribution in [1.29, 1.82) is 0 Å². The Balaban J connectivity index is 2.54. The number of halogens is 4. The molecule has 0 unspecified atom stereocenters. The molecule has 0 atom stereocenters. The fourth-order valence-electron chi connectivity index (χ4n) is 2.51. The van der Waals surface area contributed by atoms with Gasteiger partial charge in [0.1, 0.15) is 11.5 Å². The molecule has 0 spiro atoms. The highest BCUT2D eigenvalue weighted by atomic mass is 35.5. The van der Waals surface area contributed by atoms with Crippen LogP contribution in [-0.4, -0.2) is 13.0 Å². The minimum Gasteiger partial charge on any atom is -0.494 e. The van der Waals surface area contributed by atoms with Crippen LogP contribution in [0.2, 0.25) is 5.02 Å². The predicted octanol–water partition coefficient (Wildman–Crippen LogP) is 5.55. The van der Waals surface area contributed by atoms with Crippen LogP contribution in [0.3, 0.4) is 0 Å². The number of nitrogen functional groups attached to an aromatic ring is 1. The van der Waals surface area contributed by atoms with Gasteiger partial charge < -0.3 is 15.2 Å². The van der Waals surface area contributed by atoms with Crippen LogP contribution >= 0.6 is 11.6 Å². The van der Waals surface area contributed by atoms with Crippen molar-refractivity contribution in [3.05, 3.63) is 52.5 Å². The summed E-state index contributed by atoms with van der Waals surface area (Å²) in [5.74, 6) is -0.0427. The smallest absolute Gasteiger partial charge is 0.494 e. The van der Waals surface area contributed by atoms with E-state index in [0.717, 1.165) is 5.56 Å². The van der Waals surface area contributed by atoms with Crippen molar-refractivity contribution < 1.29 is 22.6 Å². The molecule has 2 aromatic carbocycles. The summed E-state index contributed by atoms with van der Waals surface area (Å²) in [6.07, 6.45) is -4.78. The number of hydrogen-bond donors (Lipinski definition) is 1. The number of alkyl halides is 3. The van der Waals surface area contributed by atoms with Gasteiger partial charge in [0.15, 0.2) is 0 Å². The summed E-state index contributed by atoms with van der Waals surface area (Å²) in [7, 11) is 0. The first-order valence-corrected chi connectivity index (χ1v) is 7.99. The van der Waals surface area contributed by atoms with Crippen molar-refractivity contribution in [2.24, 2.45) is 0 Å². The van der Waals surface area contributed by atoms with E-state index in [1.165, 1.54) is 12.1 Å². The highest BCUT2D eigenvalue weighted by molar-refractivity contribution is 6.30. The lowest BCUT2D eigenvalue weighted by Crippen LogP contribution is -2.21. The molecule has 0 aliphatic rings. The molecule has 0 bridgehead atoms. The van der Waals surface area contributed by atoms with Gasteiger partial charge >= 0.3 is 6.36 Å². The van der Waals surface area contributed by atoms with Crippen molar-refractivity contribution in [2.75, 3.05) is 12.3 Å². The van der Waals surface area contributed by atoms with Crippen LogP contribution in [0.25, 0.3) is 0 Å². The molecule has 0 fully saturated rings. The summed E-state index contributed by atoms with van der Waals surface area (Å²) in [5.41, 5.74) is 7.00. The van der Waals surface area contributed by atoms with E-state index in [9.17, 15) is 13.2 Å². The van der Waals surface area contributed by atoms with Gasteiger partial charge in [-0.1, -0.05) is 25.4 Å². The Morgan fingerprint density at radius 2 is 1.56 bits per heavy atom. The molecule has 0 amide bonds. The molecule has 0 radical (unpaired) electrons. The molecular weight excluding hydrogens is 355 g/mol. The van der Waals surface area contributed by atoms with Crippen LogP contribution in [0.1, 0.15) is 31.9 Å².